The molecule has 0 saturated carbocycles. The second kappa shape index (κ2) is 4.06. The number of primary amides is 2. The first kappa shape index (κ1) is 10.9. The minimum absolute atomic E-state index is 0.00579. The number of carbonyl (C=O) groups is 2. The van der Waals surface area contributed by atoms with E-state index in [9.17, 15) is 14.7 Å². The summed E-state index contributed by atoms with van der Waals surface area (Å²) in [6, 6.07) is 0. The first-order chi connectivity index (χ1) is 5.45. The van der Waals surface area contributed by atoms with E-state index in [1.54, 1.807) is 0 Å². The first-order valence-corrected chi connectivity index (χ1v) is 3.77. The first-order valence-electron chi connectivity index (χ1n) is 3.77. The lowest BCUT2D eigenvalue weighted by Crippen LogP contribution is -2.54. The number of nitrogens with two attached hydrogens (primary N) is 2. The Morgan fingerprint density at radius 1 is 1.33 bits per heavy atom. The molecule has 0 bridgehead atoms. The van der Waals surface area contributed by atoms with Crippen molar-refractivity contribution in [1.29, 1.82) is 0 Å². The molecule has 5 nitrogen and oxygen atoms in total. The van der Waals surface area contributed by atoms with Crippen LogP contribution in [0.1, 0.15) is 26.2 Å². The van der Waals surface area contributed by atoms with Gasteiger partial charge in [0.15, 0.2) is 0 Å². The van der Waals surface area contributed by atoms with E-state index in [4.69, 9.17) is 11.5 Å². The van der Waals surface area contributed by atoms with Gasteiger partial charge in [-0.15, -0.1) is 0 Å². The van der Waals surface area contributed by atoms with Crippen LogP contribution in [0.25, 0.3) is 0 Å². The third-order valence-corrected chi connectivity index (χ3v) is 1.71. The number of aliphatic hydroxyl groups is 1. The molecule has 0 aromatic carbocycles. The number of hydrogen-bond acceptors (Lipinski definition) is 3. The van der Waals surface area contributed by atoms with Crippen LogP contribution in [-0.2, 0) is 9.59 Å². The second-order valence-corrected chi connectivity index (χ2v) is 2.69. The zero-order chi connectivity index (χ0) is 9.78. The highest BCUT2D eigenvalue weighted by molar-refractivity contribution is 6.06. The van der Waals surface area contributed by atoms with Crippen LogP contribution in [0.15, 0.2) is 0 Å². The Morgan fingerprint density at radius 2 is 1.75 bits per heavy atom. The summed E-state index contributed by atoms with van der Waals surface area (Å²) in [5.41, 5.74) is 7.48. The van der Waals surface area contributed by atoms with Crippen molar-refractivity contribution in [3.8, 4) is 0 Å². The quantitative estimate of drug-likeness (QED) is 0.459. The number of rotatable bonds is 5. The average Bonchev–Trinajstić information content (AvgIpc) is 1.99. The smallest absolute Gasteiger partial charge is 0.259 e. The molecule has 70 valence electrons. The van der Waals surface area contributed by atoms with Gasteiger partial charge in [-0.2, -0.15) is 0 Å². The molecule has 0 heterocycles. The normalized spacial score (nSPS) is 11.2. The number of carbonyl (C=O) groups excluding carboxylic acids is 2. The molecule has 0 aliphatic heterocycles. The predicted molar refractivity (Wildman–Crippen MR) is 42.9 cm³/mol. The highest BCUT2D eigenvalue weighted by atomic mass is 16.3. The fourth-order valence-electron chi connectivity index (χ4n) is 0.800. The van der Waals surface area contributed by atoms with Gasteiger partial charge >= 0.3 is 0 Å². The summed E-state index contributed by atoms with van der Waals surface area (Å²) in [7, 11) is 0. The highest BCUT2D eigenvalue weighted by Crippen LogP contribution is 2.12. The lowest BCUT2D eigenvalue weighted by Gasteiger charge is -2.19. The van der Waals surface area contributed by atoms with E-state index in [-0.39, 0.29) is 6.42 Å². The van der Waals surface area contributed by atoms with Crippen LogP contribution in [0.2, 0.25) is 0 Å². The van der Waals surface area contributed by atoms with Gasteiger partial charge < -0.3 is 16.6 Å². The summed E-state index contributed by atoms with van der Waals surface area (Å²) >= 11 is 0. The SMILES string of the molecule is CCCCC(O)(C(N)=O)C(N)=O. The summed E-state index contributed by atoms with van der Waals surface area (Å²) in [5, 5.41) is 9.35. The monoisotopic (exact) mass is 174 g/mol. The molecule has 0 radical (unpaired) electrons. The summed E-state index contributed by atoms with van der Waals surface area (Å²) < 4.78 is 0. The molecule has 0 aliphatic rings. The topological polar surface area (TPSA) is 106 Å². The van der Waals surface area contributed by atoms with Gasteiger partial charge in [-0.05, 0) is 12.8 Å². The maximum atomic E-state index is 10.6. The molecular formula is C7H14N2O3. The van der Waals surface area contributed by atoms with Gasteiger partial charge in [0, 0.05) is 0 Å². The predicted octanol–water partition coefficient (Wildman–Crippen LogP) is -1.12. The molecule has 5 heteroatoms. The maximum absolute atomic E-state index is 10.6. The fourth-order valence-corrected chi connectivity index (χ4v) is 0.800. The standard InChI is InChI=1S/C7H14N2O3/c1-2-3-4-7(12,5(8)10)6(9)11/h12H,2-4H2,1H3,(H2,8,10)(H2,9,11). The fraction of sp³-hybridized carbons (Fsp3) is 0.714. The molecule has 0 aromatic rings. The zero-order valence-electron chi connectivity index (χ0n) is 7.04. The number of amides is 2. The van der Waals surface area contributed by atoms with Gasteiger partial charge in [-0.25, -0.2) is 0 Å². The van der Waals surface area contributed by atoms with Crippen LogP contribution < -0.4 is 11.5 Å². The van der Waals surface area contributed by atoms with Gasteiger partial charge in [0.25, 0.3) is 11.8 Å². The Kier molecular flexibility index (Phi) is 3.69. The molecular weight excluding hydrogens is 160 g/mol. The van der Waals surface area contributed by atoms with Crippen molar-refractivity contribution >= 4 is 11.8 Å². The van der Waals surface area contributed by atoms with E-state index in [0.29, 0.717) is 6.42 Å². The Balaban J connectivity index is 4.40. The number of unbranched alkanes of at least 4 members (excludes halogenated alkanes) is 1. The molecule has 2 amide bonds. The van der Waals surface area contributed by atoms with Crippen molar-refractivity contribution in [3.63, 3.8) is 0 Å². The highest BCUT2D eigenvalue weighted by Gasteiger charge is 2.39. The van der Waals surface area contributed by atoms with Crippen molar-refractivity contribution in [2.24, 2.45) is 11.5 Å². The van der Waals surface area contributed by atoms with E-state index >= 15 is 0 Å². The van der Waals surface area contributed by atoms with Crippen LogP contribution in [0.4, 0.5) is 0 Å². The second-order valence-electron chi connectivity index (χ2n) is 2.69. The lowest BCUT2D eigenvalue weighted by atomic mass is 9.95. The molecule has 0 saturated heterocycles. The van der Waals surface area contributed by atoms with Gasteiger partial charge in [-0.1, -0.05) is 13.3 Å². The van der Waals surface area contributed by atoms with E-state index in [1.807, 2.05) is 6.92 Å². The van der Waals surface area contributed by atoms with Crippen molar-refractivity contribution in [2.45, 2.75) is 31.8 Å². The van der Waals surface area contributed by atoms with Gasteiger partial charge in [-0.3, -0.25) is 9.59 Å². The molecule has 5 N–H and O–H groups in total. The third-order valence-electron chi connectivity index (χ3n) is 1.71. The Bertz CT molecular complexity index is 177. The third kappa shape index (κ3) is 2.20. The van der Waals surface area contributed by atoms with Crippen LogP contribution in [-0.4, -0.2) is 22.5 Å². The van der Waals surface area contributed by atoms with Crippen LogP contribution >= 0.6 is 0 Å². The summed E-state index contributed by atoms with van der Waals surface area (Å²) in [5.74, 6) is -2.16. The molecule has 0 atom stereocenters. The van der Waals surface area contributed by atoms with Crippen molar-refractivity contribution < 1.29 is 14.7 Å². The molecule has 12 heavy (non-hydrogen) atoms. The lowest BCUT2D eigenvalue weighted by molar-refractivity contribution is -0.150. The van der Waals surface area contributed by atoms with E-state index < -0.39 is 17.4 Å². The van der Waals surface area contributed by atoms with Crippen LogP contribution in [0.3, 0.4) is 0 Å². The molecule has 0 aromatic heterocycles. The molecule has 0 rings (SSSR count). The minimum atomic E-state index is -2.17. The molecule has 0 spiro atoms. The van der Waals surface area contributed by atoms with Gasteiger partial charge in [0.2, 0.25) is 5.60 Å². The Labute approximate surface area is 70.7 Å². The largest absolute Gasteiger partial charge is 0.372 e. The van der Waals surface area contributed by atoms with Crippen LogP contribution in [0.5, 0.6) is 0 Å². The van der Waals surface area contributed by atoms with E-state index in [0.717, 1.165) is 6.42 Å². The average molecular weight is 174 g/mol. The summed E-state index contributed by atoms with van der Waals surface area (Å²) in [6.07, 6.45) is 1.28. The van der Waals surface area contributed by atoms with Crippen molar-refractivity contribution in [1.82, 2.24) is 0 Å². The molecule has 0 fully saturated rings. The minimum Gasteiger partial charge on any atom is -0.372 e. The zero-order valence-corrected chi connectivity index (χ0v) is 7.04. The van der Waals surface area contributed by atoms with Gasteiger partial charge in [0.05, 0.1) is 0 Å². The van der Waals surface area contributed by atoms with Crippen molar-refractivity contribution in [3.05, 3.63) is 0 Å². The Morgan fingerprint density at radius 3 is 2.00 bits per heavy atom. The molecule has 0 unspecified atom stereocenters. The Hall–Kier alpha value is -1.10. The van der Waals surface area contributed by atoms with E-state index in [1.165, 1.54) is 0 Å². The molecule has 0 aliphatic carbocycles. The number of hydrogen-bond donors (Lipinski definition) is 3. The summed E-state index contributed by atoms with van der Waals surface area (Å²) in [4.78, 5) is 21.3. The van der Waals surface area contributed by atoms with Crippen LogP contribution in [0, 0.1) is 0 Å². The maximum Gasteiger partial charge on any atom is 0.259 e. The van der Waals surface area contributed by atoms with E-state index in [2.05, 4.69) is 0 Å². The van der Waals surface area contributed by atoms with Gasteiger partial charge in [0.1, 0.15) is 0 Å². The summed E-state index contributed by atoms with van der Waals surface area (Å²) in [6.45, 7) is 1.86. The van der Waals surface area contributed by atoms with Crippen molar-refractivity contribution in [2.75, 3.05) is 0 Å².